The van der Waals surface area contributed by atoms with Gasteiger partial charge in [0.05, 0.1) is 17.4 Å². The molecule has 0 radical (unpaired) electrons. The Kier molecular flexibility index (Phi) is 5.72. The van der Waals surface area contributed by atoms with E-state index >= 15 is 0 Å². The van der Waals surface area contributed by atoms with Crippen LogP contribution in [0.1, 0.15) is 31.5 Å². The van der Waals surface area contributed by atoms with Gasteiger partial charge in [0.25, 0.3) is 11.8 Å². The molecule has 1 fully saturated rings. The minimum Gasteiger partial charge on any atom is -0.416 e. The normalized spacial score (nSPS) is 15.3. The van der Waals surface area contributed by atoms with Crippen molar-refractivity contribution in [3.8, 4) is 0 Å². The number of nitrogens with zero attached hydrogens (tertiary/aromatic N) is 3. The molecule has 0 spiro atoms. The number of fused-ring (bicyclic) bond motifs is 1. The van der Waals surface area contributed by atoms with Crippen LogP contribution in [-0.2, 0) is 4.74 Å². The lowest BCUT2D eigenvalue weighted by Gasteiger charge is -2.24. The summed E-state index contributed by atoms with van der Waals surface area (Å²) in [6.07, 6.45) is 4.77. The molecule has 26 heavy (non-hydrogen) atoms. The molecule has 0 aromatic carbocycles. The number of hydrogen-bond donors (Lipinski definition) is 3. The summed E-state index contributed by atoms with van der Waals surface area (Å²) in [4.78, 5) is 7.18. The highest BCUT2D eigenvalue weighted by atomic mass is 32.2. The zero-order valence-electron chi connectivity index (χ0n) is 14.0. The fraction of sp³-hybridized carbons (Fsp3) is 0.438. The van der Waals surface area contributed by atoms with Gasteiger partial charge in [0, 0.05) is 24.2 Å². The van der Waals surface area contributed by atoms with E-state index in [9.17, 15) is 8.78 Å². The average molecular weight is 382 g/mol. The molecule has 1 saturated heterocycles. The minimum atomic E-state index is -3.08. The Hall–Kier alpha value is -2.20. The van der Waals surface area contributed by atoms with Crippen molar-refractivity contribution in [3.63, 3.8) is 0 Å². The van der Waals surface area contributed by atoms with Gasteiger partial charge in [-0.3, -0.25) is 20.4 Å². The molecular weight excluding hydrogens is 362 g/mol. The molecule has 1 aliphatic rings. The van der Waals surface area contributed by atoms with Gasteiger partial charge in [-0.05, 0) is 30.9 Å². The van der Waals surface area contributed by atoms with Gasteiger partial charge in [0.1, 0.15) is 0 Å². The molecule has 3 rings (SSSR count). The molecule has 0 atom stereocenters. The fourth-order valence-electron chi connectivity index (χ4n) is 3.05. The number of halogens is 2. The van der Waals surface area contributed by atoms with Crippen LogP contribution in [0, 0.1) is 10.8 Å². The lowest BCUT2D eigenvalue weighted by Crippen LogP contribution is -2.25. The number of aromatic nitrogens is 2. The van der Waals surface area contributed by atoms with Crippen LogP contribution < -0.4 is 10.0 Å². The summed E-state index contributed by atoms with van der Waals surface area (Å²) >= 11 is 1.06. The van der Waals surface area contributed by atoms with Gasteiger partial charge < -0.3 is 9.64 Å². The summed E-state index contributed by atoms with van der Waals surface area (Å²) in [6, 6.07) is 1.97. The van der Waals surface area contributed by atoms with Gasteiger partial charge in [0.2, 0.25) is 5.82 Å². The fourth-order valence-corrected chi connectivity index (χ4v) is 3.40. The van der Waals surface area contributed by atoms with Crippen molar-refractivity contribution in [1.82, 2.24) is 9.38 Å². The zero-order valence-corrected chi connectivity index (χ0v) is 14.9. The monoisotopic (exact) mass is 382 g/mol. The van der Waals surface area contributed by atoms with E-state index in [1.807, 2.05) is 6.07 Å². The highest BCUT2D eigenvalue weighted by Crippen LogP contribution is 2.29. The van der Waals surface area contributed by atoms with Gasteiger partial charge in [-0.15, -0.1) is 0 Å². The van der Waals surface area contributed by atoms with Crippen LogP contribution in [-0.4, -0.2) is 40.7 Å². The van der Waals surface area contributed by atoms with Crippen molar-refractivity contribution < 1.29 is 13.5 Å². The first kappa shape index (κ1) is 18.6. The number of nitrogens with two attached hydrogens (primary N) is 1. The molecule has 0 saturated carbocycles. The topological polar surface area (TPSA) is 103 Å². The molecule has 0 bridgehead atoms. The standard InChI is InChI=1S/C16H20F2N6OS/c17-13(18)14(19)25-15(20)16-22-8-12-11(7-10(26-21)9-24(12)16)23-5-3-1-2-4-6-23/h7-9,13,19-20H,1-6,21H2. The molecule has 4 N–H and O–H groups in total. The third kappa shape index (κ3) is 3.80. The lowest BCUT2D eigenvalue weighted by atomic mass is 10.2. The van der Waals surface area contributed by atoms with E-state index in [4.69, 9.17) is 16.0 Å². The SMILES string of the molecule is N=C(OC(=N)C(F)F)c1ncc2c(N3CCCCCC3)cc(SN)cn12. The number of imidazole rings is 1. The first-order valence-electron chi connectivity index (χ1n) is 8.27. The summed E-state index contributed by atoms with van der Waals surface area (Å²) in [5.74, 6) is -1.82. The quantitative estimate of drug-likeness (QED) is 0.428. The molecule has 140 valence electrons. The molecule has 0 aliphatic carbocycles. The van der Waals surface area contributed by atoms with Crippen LogP contribution in [0.5, 0.6) is 0 Å². The maximum absolute atomic E-state index is 12.5. The van der Waals surface area contributed by atoms with E-state index in [2.05, 4.69) is 14.6 Å². The van der Waals surface area contributed by atoms with Crippen molar-refractivity contribution >= 4 is 34.9 Å². The number of pyridine rings is 1. The minimum absolute atomic E-state index is 0.0531. The van der Waals surface area contributed by atoms with Crippen LogP contribution in [0.15, 0.2) is 23.4 Å². The molecule has 0 unspecified atom stereocenters. The summed E-state index contributed by atoms with van der Waals surface area (Å²) in [5, 5.41) is 20.7. The number of ether oxygens (including phenoxy) is 1. The number of rotatable bonds is 4. The Morgan fingerprint density at radius 2 is 1.92 bits per heavy atom. The third-order valence-corrected chi connectivity index (χ3v) is 4.79. The van der Waals surface area contributed by atoms with E-state index in [0.29, 0.717) is 0 Å². The van der Waals surface area contributed by atoms with E-state index in [0.717, 1.165) is 54.0 Å². The Morgan fingerprint density at radius 1 is 1.23 bits per heavy atom. The van der Waals surface area contributed by atoms with Crippen LogP contribution in [0.25, 0.3) is 5.52 Å². The molecule has 3 heterocycles. The molecule has 0 amide bonds. The molecular formula is C16H20F2N6OS. The van der Waals surface area contributed by atoms with Gasteiger partial charge in [-0.1, -0.05) is 12.8 Å². The summed E-state index contributed by atoms with van der Waals surface area (Å²) in [6.45, 7) is 1.83. The first-order chi connectivity index (χ1) is 12.5. The molecule has 7 nitrogen and oxygen atoms in total. The summed E-state index contributed by atoms with van der Waals surface area (Å²) in [5.41, 5.74) is 1.69. The summed E-state index contributed by atoms with van der Waals surface area (Å²) in [7, 11) is 0. The molecule has 2 aromatic rings. The second-order valence-electron chi connectivity index (χ2n) is 6.01. The maximum Gasteiger partial charge on any atom is 0.312 e. The van der Waals surface area contributed by atoms with Crippen LogP contribution in [0.2, 0.25) is 0 Å². The van der Waals surface area contributed by atoms with Crippen LogP contribution in [0.3, 0.4) is 0 Å². The van der Waals surface area contributed by atoms with Gasteiger partial charge >= 0.3 is 6.43 Å². The molecule has 1 aliphatic heterocycles. The van der Waals surface area contributed by atoms with Crippen LogP contribution in [0.4, 0.5) is 14.5 Å². The van der Waals surface area contributed by atoms with Crippen molar-refractivity contribution in [3.05, 3.63) is 24.3 Å². The second kappa shape index (κ2) is 8.00. The van der Waals surface area contributed by atoms with Crippen molar-refractivity contribution in [2.45, 2.75) is 37.0 Å². The number of nitrogens with one attached hydrogen (secondary N) is 2. The lowest BCUT2D eigenvalue weighted by molar-refractivity contribution is 0.197. The molecule has 10 heteroatoms. The van der Waals surface area contributed by atoms with E-state index < -0.39 is 18.2 Å². The Morgan fingerprint density at radius 3 is 2.54 bits per heavy atom. The Bertz CT molecular complexity index is 816. The third-order valence-electron chi connectivity index (χ3n) is 4.29. The Balaban J connectivity index is 2.01. The number of anilines is 1. The highest BCUT2D eigenvalue weighted by molar-refractivity contribution is 7.97. The smallest absolute Gasteiger partial charge is 0.312 e. The maximum atomic E-state index is 12.5. The molecule has 2 aromatic heterocycles. The number of alkyl halides is 2. The van der Waals surface area contributed by atoms with Crippen molar-refractivity contribution in [2.75, 3.05) is 18.0 Å². The highest BCUT2D eigenvalue weighted by Gasteiger charge is 2.21. The van der Waals surface area contributed by atoms with Crippen molar-refractivity contribution in [1.29, 1.82) is 10.8 Å². The van der Waals surface area contributed by atoms with E-state index in [1.165, 1.54) is 12.8 Å². The van der Waals surface area contributed by atoms with Crippen LogP contribution >= 0.6 is 11.9 Å². The predicted octanol–water partition coefficient (Wildman–Crippen LogP) is 3.26. The van der Waals surface area contributed by atoms with E-state index in [-0.39, 0.29) is 5.82 Å². The summed E-state index contributed by atoms with van der Waals surface area (Å²) < 4.78 is 31.2. The van der Waals surface area contributed by atoms with Crippen molar-refractivity contribution in [2.24, 2.45) is 5.14 Å². The van der Waals surface area contributed by atoms with E-state index in [1.54, 1.807) is 16.8 Å². The van der Waals surface area contributed by atoms with Gasteiger partial charge in [-0.2, -0.15) is 8.78 Å². The predicted molar refractivity (Wildman–Crippen MR) is 97.6 cm³/mol. The largest absolute Gasteiger partial charge is 0.416 e. The van der Waals surface area contributed by atoms with Gasteiger partial charge in [-0.25, -0.2) is 4.98 Å². The first-order valence-corrected chi connectivity index (χ1v) is 9.15. The second-order valence-corrected chi connectivity index (χ2v) is 6.72. The van der Waals surface area contributed by atoms with Gasteiger partial charge in [0.15, 0.2) is 0 Å². The zero-order chi connectivity index (χ0) is 18.7. The number of hydrogen-bond acceptors (Lipinski definition) is 7. The average Bonchev–Trinajstić information content (AvgIpc) is 2.86. The Labute approximate surface area is 153 Å².